The molecule has 0 atom stereocenters. The number of unbranched alkanes of at least 4 members (excludes halogenated alkanes) is 19. The van der Waals surface area contributed by atoms with E-state index < -0.39 is 0 Å². The molecular formula is C55H86OS6. The zero-order chi connectivity index (χ0) is 44.0. The summed E-state index contributed by atoms with van der Waals surface area (Å²) in [5.41, 5.74) is 0. The molecule has 4 rings (SSSR count). The third-order valence-corrected chi connectivity index (χ3v) is 19.2. The van der Waals surface area contributed by atoms with E-state index in [2.05, 4.69) is 142 Å². The first-order valence-electron chi connectivity index (χ1n) is 25.5. The summed E-state index contributed by atoms with van der Waals surface area (Å²) in [6.45, 7) is 12.0. The Bertz CT molecular complexity index is 1760. The first-order valence-corrected chi connectivity index (χ1v) is 31.4. The molecule has 1 N–H and O–H groups in total. The summed E-state index contributed by atoms with van der Waals surface area (Å²) in [6.07, 6.45) is 32.1. The number of thioether (sulfide) groups is 6. The Labute approximate surface area is 407 Å². The number of aliphatic hydroxyl groups is 1. The van der Waals surface area contributed by atoms with Crippen LogP contribution in [0.2, 0.25) is 0 Å². The number of aliphatic hydroxyl groups excluding tert-OH is 1. The SMILES string of the molecule is CCCCCCSc1cc2c3cc(SCCCCCC)c(SCCCCCC)cc3c3cc(SCCCCCCCO)c(SCCCCCC)cc3c2cc1SCCCCCC. The highest BCUT2D eigenvalue weighted by molar-refractivity contribution is 8.03. The van der Waals surface area contributed by atoms with Crippen LogP contribution in [0.4, 0.5) is 0 Å². The number of hydrogen-bond donors (Lipinski definition) is 1. The van der Waals surface area contributed by atoms with Crippen LogP contribution in [0.1, 0.15) is 195 Å². The molecule has 0 bridgehead atoms. The highest BCUT2D eigenvalue weighted by atomic mass is 32.2. The van der Waals surface area contributed by atoms with Gasteiger partial charge in [0.15, 0.2) is 0 Å². The summed E-state index contributed by atoms with van der Waals surface area (Å²) < 4.78 is 0. The molecule has 0 aliphatic heterocycles. The second-order valence-electron chi connectivity index (χ2n) is 17.4. The average Bonchev–Trinajstić information content (AvgIpc) is 3.28. The lowest BCUT2D eigenvalue weighted by atomic mass is 9.94. The van der Waals surface area contributed by atoms with Crippen molar-refractivity contribution in [3.63, 3.8) is 0 Å². The third kappa shape index (κ3) is 19.1. The van der Waals surface area contributed by atoms with Crippen LogP contribution in [0, 0.1) is 0 Å². The zero-order valence-electron chi connectivity index (χ0n) is 40.0. The maximum atomic E-state index is 9.31. The molecule has 7 heteroatoms. The van der Waals surface area contributed by atoms with Crippen molar-refractivity contribution in [2.45, 2.75) is 225 Å². The van der Waals surface area contributed by atoms with Gasteiger partial charge < -0.3 is 5.11 Å². The van der Waals surface area contributed by atoms with Crippen molar-refractivity contribution in [3.05, 3.63) is 36.4 Å². The third-order valence-electron chi connectivity index (χ3n) is 12.0. The lowest BCUT2D eigenvalue weighted by Crippen LogP contribution is -1.94. The van der Waals surface area contributed by atoms with Crippen molar-refractivity contribution in [1.29, 1.82) is 0 Å². The summed E-state index contributed by atoms with van der Waals surface area (Å²) in [7, 11) is 0. The van der Waals surface area contributed by atoms with E-state index in [0.717, 1.165) is 18.6 Å². The summed E-state index contributed by atoms with van der Waals surface area (Å²) in [5, 5.41) is 18.1. The van der Waals surface area contributed by atoms with Gasteiger partial charge >= 0.3 is 0 Å². The predicted molar refractivity (Wildman–Crippen MR) is 294 cm³/mol. The van der Waals surface area contributed by atoms with E-state index in [0.29, 0.717) is 6.61 Å². The van der Waals surface area contributed by atoms with Crippen molar-refractivity contribution in [2.75, 3.05) is 41.1 Å². The van der Waals surface area contributed by atoms with E-state index >= 15 is 0 Å². The molecule has 0 spiro atoms. The number of fused-ring (bicyclic) bond motifs is 6. The van der Waals surface area contributed by atoms with Crippen molar-refractivity contribution in [2.24, 2.45) is 0 Å². The van der Waals surface area contributed by atoms with Crippen LogP contribution in [0.5, 0.6) is 0 Å². The van der Waals surface area contributed by atoms with E-state index in [9.17, 15) is 5.11 Å². The minimum atomic E-state index is 0.323. The van der Waals surface area contributed by atoms with Crippen molar-refractivity contribution in [1.82, 2.24) is 0 Å². The van der Waals surface area contributed by atoms with Crippen molar-refractivity contribution >= 4 is 103 Å². The maximum absolute atomic E-state index is 9.31. The number of rotatable bonds is 38. The fourth-order valence-electron chi connectivity index (χ4n) is 8.17. The Hall–Kier alpha value is -0.280. The van der Waals surface area contributed by atoms with Gasteiger partial charge in [0.1, 0.15) is 0 Å². The molecular weight excluding hydrogens is 869 g/mol. The minimum Gasteiger partial charge on any atom is -0.396 e. The molecule has 4 aromatic carbocycles. The minimum absolute atomic E-state index is 0.323. The van der Waals surface area contributed by atoms with E-state index in [1.165, 1.54) is 238 Å². The highest BCUT2D eigenvalue weighted by Crippen LogP contribution is 2.47. The van der Waals surface area contributed by atoms with Gasteiger partial charge in [-0.15, -0.1) is 70.6 Å². The maximum Gasteiger partial charge on any atom is 0.0431 e. The van der Waals surface area contributed by atoms with Gasteiger partial charge in [-0.25, -0.2) is 0 Å². The highest BCUT2D eigenvalue weighted by Gasteiger charge is 2.19. The molecule has 0 heterocycles. The second kappa shape index (κ2) is 34.1. The van der Waals surface area contributed by atoms with Crippen LogP contribution in [-0.4, -0.2) is 46.2 Å². The molecule has 62 heavy (non-hydrogen) atoms. The molecule has 0 saturated heterocycles. The summed E-state index contributed by atoms with van der Waals surface area (Å²) in [4.78, 5) is 9.01. The monoisotopic (exact) mass is 955 g/mol. The summed E-state index contributed by atoms with van der Waals surface area (Å²) in [5.74, 6) is 7.18. The molecule has 1 nitrogen and oxygen atoms in total. The predicted octanol–water partition coefficient (Wildman–Crippen LogP) is 20.5. The van der Waals surface area contributed by atoms with Crippen LogP contribution in [0.3, 0.4) is 0 Å². The Morgan fingerprint density at radius 1 is 0.258 bits per heavy atom. The second-order valence-corrected chi connectivity index (χ2v) is 24.2. The molecule has 4 aromatic rings. The lowest BCUT2D eigenvalue weighted by Gasteiger charge is -2.20. The van der Waals surface area contributed by atoms with Crippen LogP contribution in [0.25, 0.3) is 32.3 Å². The quantitative estimate of drug-likeness (QED) is 0.0271. The number of benzene rings is 4. The fraction of sp³-hybridized carbons (Fsp3) is 0.673. The Morgan fingerprint density at radius 3 is 0.629 bits per heavy atom. The van der Waals surface area contributed by atoms with Gasteiger partial charge in [-0.05, 0) is 148 Å². The first kappa shape index (κ1) is 54.3. The lowest BCUT2D eigenvalue weighted by molar-refractivity contribution is 0.282. The topological polar surface area (TPSA) is 20.2 Å². The van der Waals surface area contributed by atoms with Crippen LogP contribution < -0.4 is 0 Å². The van der Waals surface area contributed by atoms with Gasteiger partial charge in [-0.1, -0.05) is 150 Å². The van der Waals surface area contributed by atoms with E-state index in [1.807, 2.05) is 0 Å². The first-order chi connectivity index (χ1) is 30.6. The number of hydrogen-bond acceptors (Lipinski definition) is 7. The Morgan fingerprint density at radius 2 is 0.435 bits per heavy atom. The van der Waals surface area contributed by atoms with Crippen LogP contribution >= 0.6 is 70.6 Å². The molecule has 0 amide bonds. The van der Waals surface area contributed by atoms with E-state index in [-0.39, 0.29) is 0 Å². The van der Waals surface area contributed by atoms with Crippen molar-refractivity contribution < 1.29 is 5.11 Å². The van der Waals surface area contributed by atoms with Gasteiger partial charge in [-0.3, -0.25) is 0 Å². The van der Waals surface area contributed by atoms with Crippen LogP contribution in [0.15, 0.2) is 65.8 Å². The zero-order valence-corrected chi connectivity index (χ0v) is 44.9. The van der Waals surface area contributed by atoms with E-state index in [1.54, 1.807) is 0 Å². The van der Waals surface area contributed by atoms with Gasteiger partial charge in [-0.2, -0.15) is 0 Å². The van der Waals surface area contributed by atoms with Crippen molar-refractivity contribution in [3.8, 4) is 0 Å². The molecule has 0 saturated carbocycles. The fourth-order valence-corrected chi connectivity index (χ4v) is 15.1. The molecule has 0 unspecified atom stereocenters. The average molecular weight is 956 g/mol. The Kier molecular flexibility index (Phi) is 29.9. The van der Waals surface area contributed by atoms with Gasteiger partial charge in [0, 0.05) is 36.0 Å². The molecule has 348 valence electrons. The summed E-state index contributed by atoms with van der Waals surface area (Å²) >= 11 is 12.7. The normalized spacial score (nSPS) is 11.9. The standard InChI is InChI=1S/C55H86OS6/c1-6-11-16-25-32-57-50-38-44-45-39-51(58-33-26-17-12-7-2)53(60-35-28-19-14-9-4)41-47(45)49-43-55(62-37-30-23-21-22-24-31-56)54(61-36-29-20-15-10-5)42-48(49)46(44)40-52(50)59-34-27-18-13-8-3/h38-43,56H,6-37H2,1-5H3. The van der Waals surface area contributed by atoms with E-state index in [4.69, 9.17) is 0 Å². The van der Waals surface area contributed by atoms with Gasteiger partial charge in [0.2, 0.25) is 0 Å². The molecule has 0 fully saturated rings. The van der Waals surface area contributed by atoms with Gasteiger partial charge in [0.05, 0.1) is 0 Å². The largest absolute Gasteiger partial charge is 0.396 e. The Balaban J connectivity index is 1.93. The van der Waals surface area contributed by atoms with Gasteiger partial charge in [0.25, 0.3) is 0 Å². The smallest absolute Gasteiger partial charge is 0.0431 e. The molecule has 0 aliphatic rings. The molecule has 0 radical (unpaired) electrons. The molecule has 0 aliphatic carbocycles. The summed E-state index contributed by atoms with van der Waals surface area (Å²) in [6, 6.07) is 15.9. The molecule has 0 aromatic heterocycles. The van der Waals surface area contributed by atoms with Crippen LogP contribution in [-0.2, 0) is 0 Å².